The van der Waals surface area contributed by atoms with Gasteiger partial charge in [-0.05, 0) is 76.9 Å². The van der Waals surface area contributed by atoms with Crippen molar-refractivity contribution in [3.63, 3.8) is 0 Å². The third-order valence-corrected chi connectivity index (χ3v) is 4.91. The molecule has 1 fully saturated rings. The lowest BCUT2D eigenvalue weighted by molar-refractivity contribution is -0.137. The van der Waals surface area contributed by atoms with Crippen molar-refractivity contribution in [1.82, 2.24) is 4.90 Å². The van der Waals surface area contributed by atoms with E-state index in [2.05, 4.69) is 10.2 Å². The van der Waals surface area contributed by atoms with Crippen LogP contribution in [0.25, 0.3) is 0 Å². The summed E-state index contributed by atoms with van der Waals surface area (Å²) in [4.78, 5) is 14.9. The van der Waals surface area contributed by atoms with Crippen molar-refractivity contribution >= 4 is 11.6 Å². The van der Waals surface area contributed by atoms with Crippen molar-refractivity contribution < 1.29 is 14.3 Å². The monoisotopic (exact) mass is 376 g/mol. The van der Waals surface area contributed by atoms with Gasteiger partial charge in [-0.3, -0.25) is 4.79 Å². The Bertz CT molecular complexity index is 549. The Morgan fingerprint density at radius 3 is 2.37 bits per heavy atom. The van der Waals surface area contributed by atoms with E-state index in [1.54, 1.807) is 13.8 Å². The van der Waals surface area contributed by atoms with Crippen molar-refractivity contribution in [3.8, 4) is 5.75 Å². The fourth-order valence-electron chi connectivity index (χ4n) is 3.18. The van der Waals surface area contributed by atoms with E-state index >= 15 is 0 Å². The number of hydrogen-bond donors (Lipinski definition) is 1. The summed E-state index contributed by atoms with van der Waals surface area (Å²) in [5, 5.41) is 2.91. The molecule has 1 aromatic rings. The number of ether oxygens (including phenoxy) is 2. The van der Waals surface area contributed by atoms with E-state index in [1.807, 2.05) is 31.2 Å². The van der Waals surface area contributed by atoms with Gasteiger partial charge in [-0.1, -0.05) is 19.8 Å². The maximum atomic E-state index is 12.3. The van der Waals surface area contributed by atoms with E-state index in [0.717, 1.165) is 37.4 Å². The highest BCUT2D eigenvalue weighted by Gasteiger charge is 2.28. The summed E-state index contributed by atoms with van der Waals surface area (Å²) in [5.41, 5.74) is -0.0801. The molecule has 152 valence electrons. The van der Waals surface area contributed by atoms with E-state index in [4.69, 9.17) is 9.47 Å². The minimum Gasteiger partial charge on any atom is -0.494 e. The number of nitrogens with zero attached hydrogens (tertiary/aromatic N) is 1. The Kier molecular flexibility index (Phi) is 9.08. The first kappa shape index (κ1) is 21.7. The number of amides is 1. The van der Waals surface area contributed by atoms with Crippen molar-refractivity contribution in [2.24, 2.45) is 0 Å². The third-order valence-electron chi connectivity index (χ3n) is 4.91. The molecule has 0 bridgehead atoms. The fourth-order valence-corrected chi connectivity index (χ4v) is 3.18. The predicted octanol–water partition coefficient (Wildman–Crippen LogP) is 4.48. The van der Waals surface area contributed by atoms with Crippen LogP contribution >= 0.6 is 0 Å². The molecule has 0 saturated carbocycles. The van der Waals surface area contributed by atoms with E-state index in [1.165, 1.54) is 38.8 Å². The van der Waals surface area contributed by atoms with Crippen molar-refractivity contribution in [3.05, 3.63) is 24.3 Å². The van der Waals surface area contributed by atoms with Crippen LogP contribution in [0.1, 0.15) is 59.3 Å². The highest BCUT2D eigenvalue weighted by molar-refractivity contribution is 5.96. The van der Waals surface area contributed by atoms with Crippen LogP contribution < -0.4 is 10.1 Å². The molecule has 1 saturated heterocycles. The first-order chi connectivity index (χ1) is 13.0. The van der Waals surface area contributed by atoms with Gasteiger partial charge in [0.15, 0.2) is 0 Å². The zero-order chi connectivity index (χ0) is 19.5. The summed E-state index contributed by atoms with van der Waals surface area (Å²) in [5.74, 6) is 0.701. The molecule has 1 aliphatic rings. The van der Waals surface area contributed by atoms with Crippen molar-refractivity contribution in [1.29, 1.82) is 0 Å². The SMILES string of the molecule is CCCOC(C)(C)C(=O)Nc1ccc(OCCCN2CCCCCC2)cc1. The largest absolute Gasteiger partial charge is 0.494 e. The summed E-state index contributed by atoms with van der Waals surface area (Å²) < 4.78 is 11.5. The average molecular weight is 377 g/mol. The van der Waals surface area contributed by atoms with Crippen LogP contribution in [0, 0.1) is 0 Å². The average Bonchev–Trinajstić information content (AvgIpc) is 2.93. The second-order valence-electron chi connectivity index (χ2n) is 7.80. The Balaban J connectivity index is 1.70. The summed E-state index contributed by atoms with van der Waals surface area (Å²) in [6.45, 7) is 10.5. The molecule has 5 nitrogen and oxygen atoms in total. The third kappa shape index (κ3) is 7.89. The smallest absolute Gasteiger partial charge is 0.256 e. The van der Waals surface area contributed by atoms with Gasteiger partial charge in [0.25, 0.3) is 5.91 Å². The van der Waals surface area contributed by atoms with Gasteiger partial charge in [-0.25, -0.2) is 0 Å². The fraction of sp³-hybridized carbons (Fsp3) is 0.682. The number of carbonyl (C=O) groups is 1. The summed E-state index contributed by atoms with van der Waals surface area (Å²) >= 11 is 0. The topological polar surface area (TPSA) is 50.8 Å². The van der Waals surface area contributed by atoms with Gasteiger partial charge >= 0.3 is 0 Å². The Morgan fingerprint density at radius 2 is 1.74 bits per heavy atom. The molecular weight excluding hydrogens is 340 g/mol. The molecule has 0 aromatic heterocycles. The minimum absolute atomic E-state index is 0.137. The highest BCUT2D eigenvalue weighted by Crippen LogP contribution is 2.19. The van der Waals surface area contributed by atoms with Crippen molar-refractivity contribution in [2.75, 3.05) is 38.2 Å². The number of likely N-dealkylation sites (tertiary alicyclic amines) is 1. The maximum Gasteiger partial charge on any atom is 0.256 e. The number of hydrogen-bond acceptors (Lipinski definition) is 4. The standard InChI is InChI=1S/C22H36N2O3/c1-4-17-27-22(2,3)21(25)23-19-10-12-20(13-11-19)26-18-9-16-24-14-7-5-6-8-15-24/h10-13H,4-9,14-18H2,1-3H3,(H,23,25). The van der Waals surface area contributed by atoms with Gasteiger partial charge in [0.05, 0.1) is 6.61 Å². The van der Waals surface area contributed by atoms with Gasteiger partial charge < -0.3 is 19.7 Å². The number of carbonyl (C=O) groups excluding carboxylic acids is 1. The molecule has 27 heavy (non-hydrogen) atoms. The molecule has 0 aliphatic carbocycles. The van der Waals surface area contributed by atoms with E-state index < -0.39 is 5.60 Å². The minimum atomic E-state index is -0.835. The normalized spacial score (nSPS) is 16.0. The molecule has 0 unspecified atom stereocenters. The van der Waals surface area contributed by atoms with Crippen LogP contribution in [0.4, 0.5) is 5.69 Å². The van der Waals surface area contributed by atoms with Crippen molar-refractivity contribution in [2.45, 2.75) is 64.9 Å². The van der Waals surface area contributed by atoms with Crippen LogP contribution in [0.3, 0.4) is 0 Å². The lowest BCUT2D eigenvalue weighted by atomic mass is 10.1. The Hall–Kier alpha value is -1.59. The quantitative estimate of drug-likeness (QED) is 0.612. The Morgan fingerprint density at radius 1 is 1.07 bits per heavy atom. The van der Waals surface area contributed by atoms with Crippen LogP contribution in [0.2, 0.25) is 0 Å². The Labute approximate surface area is 164 Å². The van der Waals surface area contributed by atoms with E-state index in [0.29, 0.717) is 6.61 Å². The first-order valence-electron chi connectivity index (χ1n) is 10.4. The van der Waals surface area contributed by atoms with Crippen LogP contribution in [-0.2, 0) is 9.53 Å². The second kappa shape index (κ2) is 11.3. The number of anilines is 1. The van der Waals surface area contributed by atoms with Crippen LogP contribution in [-0.4, -0.2) is 49.3 Å². The maximum absolute atomic E-state index is 12.3. The summed E-state index contributed by atoms with van der Waals surface area (Å²) in [6.07, 6.45) is 7.33. The van der Waals surface area contributed by atoms with Gasteiger partial charge in [-0.2, -0.15) is 0 Å². The molecule has 1 amide bonds. The molecule has 0 spiro atoms. The number of benzene rings is 1. The number of rotatable bonds is 10. The van der Waals surface area contributed by atoms with Gasteiger partial charge in [0, 0.05) is 18.8 Å². The molecule has 1 heterocycles. The highest BCUT2D eigenvalue weighted by atomic mass is 16.5. The number of nitrogens with one attached hydrogen (secondary N) is 1. The zero-order valence-corrected chi connectivity index (χ0v) is 17.3. The van der Waals surface area contributed by atoms with Gasteiger partial charge in [0.2, 0.25) is 0 Å². The molecule has 5 heteroatoms. The molecule has 1 aromatic carbocycles. The molecule has 2 rings (SSSR count). The van der Waals surface area contributed by atoms with Crippen LogP contribution in [0.5, 0.6) is 5.75 Å². The summed E-state index contributed by atoms with van der Waals surface area (Å²) in [6, 6.07) is 7.55. The van der Waals surface area contributed by atoms with E-state index in [-0.39, 0.29) is 5.91 Å². The molecule has 1 N–H and O–H groups in total. The predicted molar refractivity (Wildman–Crippen MR) is 110 cm³/mol. The first-order valence-corrected chi connectivity index (χ1v) is 10.4. The zero-order valence-electron chi connectivity index (χ0n) is 17.3. The summed E-state index contributed by atoms with van der Waals surface area (Å²) in [7, 11) is 0. The van der Waals surface area contributed by atoms with Gasteiger partial charge in [0.1, 0.15) is 11.4 Å². The molecule has 0 atom stereocenters. The van der Waals surface area contributed by atoms with Gasteiger partial charge in [-0.15, -0.1) is 0 Å². The lowest BCUT2D eigenvalue weighted by Crippen LogP contribution is -2.40. The molecule has 1 aliphatic heterocycles. The second-order valence-corrected chi connectivity index (χ2v) is 7.80. The molecule has 0 radical (unpaired) electrons. The van der Waals surface area contributed by atoms with E-state index in [9.17, 15) is 4.79 Å². The lowest BCUT2D eigenvalue weighted by Gasteiger charge is -2.24. The van der Waals surface area contributed by atoms with Crippen LogP contribution in [0.15, 0.2) is 24.3 Å². The molecular formula is C22H36N2O3.